The lowest BCUT2D eigenvalue weighted by atomic mass is 9.80. The number of ether oxygens (including phenoxy) is 1. The minimum atomic E-state index is -0.347. The number of rotatable bonds is 10. The van der Waals surface area contributed by atoms with Crippen molar-refractivity contribution in [2.75, 3.05) is 26.3 Å². The van der Waals surface area contributed by atoms with Crippen LogP contribution in [-0.2, 0) is 16.1 Å². The molecule has 2 fully saturated rings. The molecule has 2 saturated heterocycles. The summed E-state index contributed by atoms with van der Waals surface area (Å²) in [4.78, 5) is 35.8. The molecule has 1 atom stereocenters. The van der Waals surface area contributed by atoms with Crippen molar-refractivity contribution >= 4 is 23.3 Å². The number of aryl methyl sites for hydroxylation is 2. The first-order valence-corrected chi connectivity index (χ1v) is 14.9. The van der Waals surface area contributed by atoms with Crippen LogP contribution in [0.15, 0.2) is 36.4 Å². The van der Waals surface area contributed by atoms with Crippen molar-refractivity contribution in [2.24, 2.45) is 5.41 Å². The number of Topliss-reactive ketones (excluding diaryl/α,β-unsaturated/α-hetero) is 1. The molecule has 39 heavy (non-hydrogen) atoms. The maximum absolute atomic E-state index is 13.9. The Bertz CT molecular complexity index is 1100. The molecule has 0 spiro atoms. The normalized spacial score (nSPS) is 19.0. The average molecular weight is 554 g/mol. The van der Waals surface area contributed by atoms with E-state index >= 15 is 0 Å². The van der Waals surface area contributed by atoms with Gasteiger partial charge in [0.15, 0.2) is 5.78 Å². The van der Waals surface area contributed by atoms with Crippen LogP contribution in [0.4, 0.5) is 0 Å². The van der Waals surface area contributed by atoms with Crippen LogP contribution >= 0.6 is 11.6 Å². The minimum Gasteiger partial charge on any atom is -0.381 e. The average Bonchev–Trinajstić information content (AvgIpc) is 2.92. The van der Waals surface area contributed by atoms with Crippen molar-refractivity contribution in [3.8, 4) is 0 Å². The number of hydrogen-bond acceptors (Lipinski definition) is 5. The molecule has 6 nitrogen and oxygen atoms in total. The predicted octanol–water partition coefficient (Wildman–Crippen LogP) is 6.40. The quantitative estimate of drug-likeness (QED) is 0.251. The highest BCUT2D eigenvalue weighted by Crippen LogP contribution is 2.35. The molecule has 2 aliphatic rings. The third-order valence-corrected chi connectivity index (χ3v) is 9.00. The zero-order valence-corrected chi connectivity index (χ0v) is 24.8. The number of hydrogen-bond donors (Lipinski definition) is 0. The fourth-order valence-corrected chi connectivity index (χ4v) is 6.53. The standard InChI is InChI=1S/C32H44ClN3O3/c1-23-21-29(33)34-25(3)30(23)28(37)12-8-9-24(2)35-17-13-27(14-18-35)36(22-26-10-6-5-7-11-26)31(38)32(4)15-19-39-20-16-32/h5-7,10-11,21,24,27H,8-9,12-20,22H2,1-4H3/t24-/m1/s1. The third kappa shape index (κ3) is 7.47. The molecular formula is C32H44ClN3O3. The van der Waals surface area contributed by atoms with E-state index in [9.17, 15) is 9.59 Å². The predicted molar refractivity (Wildman–Crippen MR) is 156 cm³/mol. The number of ketones is 1. The summed E-state index contributed by atoms with van der Waals surface area (Å²) in [6, 6.07) is 12.8. The van der Waals surface area contributed by atoms with Crippen LogP contribution in [0, 0.1) is 19.3 Å². The van der Waals surface area contributed by atoms with Crippen molar-refractivity contribution < 1.29 is 14.3 Å². The van der Waals surface area contributed by atoms with E-state index in [0.29, 0.717) is 48.6 Å². The molecule has 1 aromatic heterocycles. The van der Waals surface area contributed by atoms with Crippen molar-refractivity contribution in [1.82, 2.24) is 14.8 Å². The number of piperidine rings is 1. The van der Waals surface area contributed by atoms with Crippen LogP contribution in [0.3, 0.4) is 0 Å². The van der Waals surface area contributed by atoms with Gasteiger partial charge < -0.3 is 14.5 Å². The van der Waals surface area contributed by atoms with E-state index in [2.05, 4.69) is 52.9 Å². The Kier molecular flexibility index (Phi) is 10.2. The van der Waals surface area contributed by atoms with E-state index in [0.717, 1.165) is 57.2 Å². The SMILES string of the molecule is Cc1cc(Cl)nc(C)c1C(=O)CCC[C@@H](C)N1CCC(N(Cc2ccccc2)C(=O)C2(C)CCOCC2)CC1. The zero-order chi connectivity index (χ0) is 28.0. The van der Waals surface area contributed by atoms with E-state index < -0.39 is 0 Å². The highest BCUT2D eigenvalue weighted by atomic mass is 35.5. The van der Waals surface area contributed by atoms with Crippen LogP contribution in [0.25, 0.3) is 0 Å². The van der Waals surface area contributed by atoms with Crippen LogP contribution in [-0.4, -0.2) is 64.9 Å². The Morgan fingerprint density at radius 3 is 2.46 bits per heavy atom. The van der Waals surface area contributed by atoms with Crippen molar-refractivity contribution in [1.29, 1.82) is 0 Å². The summed E-state index contributed by atoms with van der Waals surface area (Å²) in [5.41, 5.74) is 3.17. The Morgan fingerprint density at radius 1 is 1.15 bits per heavy atom. The summed E-state index contributed by atoms with van der Waals surface area (Å²) in [6.45, 7) is 12.1. The molecular weight excluding hydrogens is 510 g/mol. The molecule has 1 amide bonds. The van der Waals surface area contributed by atoms with E-state index in [1.54, 1.807) is 6.07 Å². The molecule has 2 aromatic rings. The molecule has 0 bridgehead atoms. The number of aromatic nitrogens is 1. The fraction of sp³-hybridized carbons (Fsp3) is 0.594. The molecule has 0 aliphatic carbocycles. The van der Waals surface area contributed by atoms with Gasteiger partial charge in [0, 0.05) is 56.9 Å². The Balaban J connectivity index is 1.32. The van der Waals surface area contributed by atoms with Crippen molar-refractivity contribution in [2.45, 2.75) is 91.3 Å². The molecule has 7 heteroatoms. The number of nitrogens with zero attached hydrogens (tertiary/aromatic N) is 3. The van der Waals surface area contributed by atoms with Gasteiger partial charge in [-0.05, 0) is 76.5 Å². The summed E-state index contributed by atoms with van der Waals surface area (Å²) in [5, 5.41) is 0.435. The number of carbonyl (C=O) groups is 2. The number of benzene rings is 1. The summed E-state index contributed by atoms with van der Waals surface area (Å²) in [5.74, 6) is 0.429. The fourth-order valence-electron chi connectivity index (χ4n) is 6.24. The second kappa shape index (κ2) is 13.4. The molecule has 0 saturated carbocycles. The van der Waals surface area contributed by atoms with Crippen molar-refractivity contribution in [3.05, 3.63) is 63.9 Å². The Labute approximate surface area is 239 Å². The van der Waals surface area contributed by atoms with Gasteiger partial charge in [0.2, 0.25) is 5.91 Å². The second-order valence-corrected chi connectivity index (χ2v) is 12.1. The van der Waals surface area contributed by atoms with E-state index in [1.165, 1.54) is 5.56 Å². The van der Waals surface area contributed by atoms with Crippen molar-refractivity contribution in [3.63, 3.8) is 0 Å². The number of pyridine rings is 1. The van der Waals surface area contributed by atoms with Gasteiger partial charge in [-0.25, -0.2) is 4.98 Å². The summed E-state index contributed by atoms with van der Waals surface area (Å²) >= 11 is 6.04. The monoisotopic (exact) mass is 553 g/mol. The first-order valence-electron chi connectivity index (χ1n) is 14.5. The summed E-state index contributed by atoms with van der Waals surface area (Å²) in [6.07, 6.45) is 5.87. The first kappa shape index (κ1) is 29.7. The molecule has 0 unspecified atom stereocenters. The van der Waals surface area contributed by atoms with Gasteiger partial charge in [-0.2, -0.15) is 0 Å². The van der Waals surface area contributed by atoms with Gasteiger partial charge in [-0.15, -0.1) is 0 Å². The highest BCUT2D eigenvalue weighted by Gasteiger charge is 2.41. The topological polar surface area (TPSA) is 62.7 Å². The van der Waals surface area contributed by atoms with E-state index in [4.69, 9.17) is 16.3 Å². The number of halogens is 1. The Hall–Kier alpha value is -2.28. The number of carbonyl (C=O) groups excluding carboxylic acids is 2. The lowest BCUT2D eigenvalue weighted by Crippen LogP contribution is -2.53. The van der Waals surface area contributed by atoms with Crippen LogP contribution in [0.1, 0.15) is 86.0 Å². The highest BCUT2D eigenvalue weighted by molar-refractivity contribution is 6.29. The van der Waals surface area contributed by atoms with Gasteiger partial charge in [-0.3, -0.25) is 9.59 Å². The zero-order valence-electron chi connectivity index (χ0n) is 24.0. The number of amides is 1. The lowest BCUT2D eigenvalue weighted by molar-refractivity contribution is -0.151. The maximum Gasteiger partial charge on any atom is 0.229 e. The molecule has 2 aliphatic heterocycles. The summed E-state index contributed by atoms with van der Waals surface area (Å²) < 4.78 is 5.58. The molecule has 0 N–H and O–H groups in total. The second-order valence-electron chi connectivity index (χ2n) is 11.7. The molecule has 3 heterocycles. The minimum absolute atomic E-state index is 0.150. The molecule has 212 valence electrons. The van der Waals surface area contributed by atoms with Crippen LogP contribution < -0.4 is 0 Å². The third-order valence-electron chi connectivity index (χ3n) is 8.80. The van der Waals surface area contributed by atoms with E-state index in [-0.39, 0.29) is 23.1 Å². The van der Waals surface area contributed by atoms with Gasteiger partial charge in [0.25, 0.3) is 0 Å². The van der Waals surface area contributed by atoms with Gasteiger partial charge in [0.05, 0.1) is 11.1 Å². The van der Waals surface area contributed by atoms with Gasteiger partial charge in [0.1, 0.15) is 5.15 Å². The van der Waals surface area contributed by atoms with Crippen LogP contribution in [0.5, 0.6) is 0 Å². The summed E-state index contributed by atoms with van der Waals surface area (Å²) in [7, 11) is 0. The Morgan fingerprint density at radius 2 is 1.82 bits per heavy atom. The first-order chi connectivity index (χ1) is 18.7. The van der Waals surface area contributed by atoms with Gasteiger partial charge >= 0.3 is 0 Å². The molecule has 4 rings (SSSR count). The maximum atomic E-state index is 13.9. The molecule has 0 radical (unpaired) electrons. The lowest BCUT2D eigenvalue weighted by Gasteiger charge is -2.44. The molecule has 1 aromatic carbocycles. The van der Waals surface area contributed by atoms with Gasteiger partial charge in [-0.1, -0.05) is 48.9 Å². The largest absolute Gasteiger partial charge is 0.381 e. The van der Waals surface area contributed by atoms with Crippen LogP contribution in [0.2, 0.25) is 5.15 Å². The van der Waals surface area contributed by atoms with E-state index in [1.807, 2.05) is 19.9 Å². The number of likely N-dealkylation sites (tertiary alicyclic amines) is 1. The smallest absolute Gasteiger partial charge is 0.229 e.